The fourth-order valence-corrected chi connectivity index (χ4v) is 3.27. The van der Waals surface area contributed by atoms with Crippen molar-refractivity contribution in [2.45, 2.75) is 6.17 Å². The van der Waals surface area contributed by atoms with Crippen LogP contribution >= 0.6 is 0 Å². The first kappa shape index (κ1) is 17.5. The van der Waals surface area contributed by atoms with E-state index in [4.69, 9.17) is 4.74 Å². The van der Waals surface area contributed by atoms with E-state index in [1.165, 1.54) is 12.1 Å². The lowest BCUT2D eigenvalue weighted by atomic mass is 10.0. The number of non-ortho nitro benzene ring substituents is 1. The predicted molar refractivity (Wildman–Crippen MR) is 106 cm³/mol. The zero-order valence-corrected chi connectivity index (χ0v) is 15.0. The minimum Gasteiger partial charge on any atom is -0.497 e. The van der Waals surface area contributed by atoms with E-state index in [9.17, 15) is 14.9 Å². The van der Waals surface area contributed by atoms with E-state index in [0.29, 0.717) is 17.0 Å². The van der Waals surface area contributed by atoms with Crippen LogP contribution in [0.2, 0.25) is 0 Å². The number of para-hydroxylation sites is 1. The van der Waals surface area contributed by atoms with E-state index >= 15 is 0 Å². The SMILES string of the molecule is COc1ccc(N2C(=O)c3ccccc3N[C@H]2c2ccc([N+](=O)[O-])cc2)cc1. The molecule has 1 aliphatic rings. The highest BCUT2D eigenvalue weighted by Crippen LogP contribution is 2.37. The van der Waals surface area contributed by atoms with Crippen molar-refractivity contribution in [2.24, 2.45) is 0 Å². The predicted octanol–water partition coefficient (Wildman–Crippen LogP) is 4.37. The summed E-state index contributed by atoms with van der Waals surface area (Å²) in [5.74, 6) is 0.538. The average Bonchev–Trinajstić information content (AvgIpc) is 2.74. The Balaban J connectivity index is 1.80. The molecule has 1 heterocycles. The summed E-state index contributed by atoms with van der Waals surface area (Å²) in [5.41, 5.74) is 2.72. The number of nitrogens with one attached hydrogen (secondary N) is 1. The maximum atomic E-state index is 13.3. The number of carbonyl (C=O) groups is 1. The van der Waals surface area contributed by atoms with Crippen molar-refractivity contribution < 1.29 is 14.5 Å². The number of amides is 1. The number of hydrogen-bond acceptors (Lipinski definition) is 5. The van der Waals surface area contributed by atoms with Gasteiger partial charge in [-0.25, -0.2) is 0 Å². The molecule has 0 fully saturated rings. The normalized spacial score (nSPS) is 15.5. The minimum atomic E-state index is -0.503. The lowest BCUT2D eigenvalue weighted by molar-refractivity contribution is -0.384. The summed E-state index contributed by atoms with van der Waals surface area (Å²) in [6.45, 7) is 0. The van der Waals surface area contributed by atoms with Gasteiger partial charge in [0.2, 0.25) is 0 Å². The Morgan fingerprint density at radius 1 is 1.00 bits per heavy atom. The summed E-state index contributed by atoms with van der Waals surface area (Å²) in [5, 5.41) is 14.3. The molecule has 0 aliphatic carbocycles. The zero-order valence-electron chi connectivity index (χ0n) is 15.0. The summed E-state index contributed by atoms with van der Waals surface area (Å²) in [6.07, 6.45) is -0.503. The van der Waals surface area contributed by atoms with Crippen LogP contribution in [0, 0.1) is 10.1 Å². The summed E-state index contributed by atoms with van der Waals surface area (Å²) in [7, 11) is 1.58. The van der Waals surface area contributed by atoms with Crippen LogP contribution in [0.4, 0.5) is 17.1 Å². The highest BCUT2D eigenvalue weighted by Gasteiger charge is 2.34. The number of fused-ring (bicyclic) bond motifs is 1. The molecule has 140 valence electrons. The minimum absolute atomic E-state index is 0.00211. The van der Waals surface area contributed by atoms with Gasteiger partial charge in [-0.15, -0.1) is 0 Å². The fraction of sp³-hybridized carbons (Fsp3) is 0.0952. The Kier molecular flexibility index (Phi) is 4.41. The fourth-order valence-electron chi connectivity index (χ4n) is 3.27. The molecule has 0 aromatic heterocycles. The first-order valence-electron chi connectivity index (χ1n) is 8.66. The number of nitrogens with zero attached hydrogens (tertiary/aromatic N) is 2. The molecule has 0 unspecified atom stereocenters. The van der Waals surface area contributed by atoms with Crippen molar-refractivity contribution in [3.8, 4) is 5.75 Å². The van der Waals surface area contributed by atoms with Gasteiger partial charge in [-0.3, -0.25) is 19.8 Å². The van der Waals surface area contributed by atoms with Crippen LogP contribution in [0.3, 0.4) is 0 Å². The van der Waals surface area contributed by atoms with E-state index in [1.54, 1.807) is 42.3 Å². The molecule has 1 N–H and O–H groups in total. The van der Waals surface area contributed by atoms with Crippen molar-refractivity contribution in [3.05, 3.63) is 94.0 Å². The van der Waals surface area contributed by atoms with E-state index in [1.807, 2.05) is 30.3 Å². The number of carbonyl (C=O) groups excluding carboxylic acids is 1. The summed E-state index contributed by atoms with van der Waals surface area (Å²) >= 11 is 0. The maximum absolute atomic E-state index is 13.3. The number of methoxy groups -OCH3 is 1. The van der Waals surface area contributed by atoms with Gasteiger partial charge < -0.3 is 10.1 Å². The summed E-state index contributed by atoms with van der Waals surface area (Å²) < 4.78 is 5.20. The van der Waals surface area contributed by atoms with Gasteiger partial charge in [0.05, 0.1) is 17.6 Å². The molecule has 0 radical (unpaired) electrons. The molecule has 3 aromatic rings. The second kappa shape index (κ2) is 7.03. The zero-order chi connectivity index (χ0) is 19.7. The average molecular weight is 375 g/mol. The van der Waals surface area contributed by atoms with Crippen molar-refractivity contribution in [1.29, 1.82) is 0 Å². The van der Waals surface area contributed by atoms with Crippen LogP contribution in [0.15, 0.2) is 72.8 Å². The highest BCUT2D eigenvalue weighted by atomic mass is 16.6. The summed E-state index contributed by atoms with van der Waals surface area (Å²) in [4.78, 5) is 25.4. The number of anilines is 2. The number of hydrogen-bond donors (Lipinski definition) is 1. The number of benzene rings is 3. The number of ether oxygens (including phenoxy) is 1. The molecule has 3 aromatic carbocycles. The van der Waals surface area contributed by atoms with E-state index < -0.39 is 11.1 Å². The molecule has 0 spiro atoms. The molecule has 7 nitrogen and oxygen atoms in total. The molecular weight excluding hydrogens is 358 g/mol. The van der Waals surface area contributed by atoms with E-state index in [0.717, 1.165) is 11.3 Å². The molecule has 1 atom stereocenters. The van der Waals surface area contributed by atoms with Gasteiger partial charge in [-0.2, -0.15) is 0 Å². The van der Waals surface area contributed by atoms with Crippen LogP contribution in [0.1, 0.15) is 22.1 Å². The van der Waals surface area contributed by atoms with E-state index in [-0.39, 0.29) is 11.6 Å². The highest BCUT2D eigenvalue weighted by molar-refractivity contribution is 6.12. The number of nitro benzene ring substituents is 1. The lowest BCUT2D eigenvalue weighted by Crippen LogP contribution is -2.43. The second-order valence-corrected chi connectivity index (χ2v) is 6.31. The molecule has 1 amide bonds. The monoisotopic (exact) mass is 375 g/mol. The third kappa shape index (κ3) is 3.03. The van der Waals surface area contributed by atoms with Crippen LogP contribution in [0.25, 0.3) is 0 Å². The number of nitro groups is 1. The molecule has 0 bridgehead atoms. The van der Waals surface area contributed by atoms with Gasteiger partial charge in [0.1, 0.15) is 11.9 Å². The summed E-state index contributed by atoms with van der Waals surface area (Å²) in [6, 6.07) is 20.7. The maximum Gasteiger partial charge on any atom is 0.269 e. The lowest BCUT2D eigenvalue weighted by Gasteiger charge is -2.38. The topological polar surface area (TPSA) is 84.7 Å². The van der Waals surface area contributed by atoms with Gasteiger partial charge in [0.15, 0.2) is 0 Å². The largest absolute Gasteiger partial charge is 0.497 e. The van der Waals surface area contributed by atoms with Crippen LogP contribution in [-0.4, -0.2) is 17.9 Å². The van der Waals surface area contributed by atoms with Crippen molar-refractivity contribution >= 4 is 23.0 Å². The Hall–Kier alpha value is -3.87. The first-order chi connectivity index (χ1) is 13.6. The van der Waals surface area contributed by atoms with Crippen LogP contribution in [0.5, 0.6) is 5.75 Å². The Morgan fingerprint density at radius 3 is 2.32 bits per heavy atom. The molecule has 4 rings (SSSR count). The molecule has 1 aliphatic heterocycles. The van der Waals surface area contributed by atoms with Crippen LogP contribution in [-0.2, 0) is 0 Å². The first-order valence-corrected chi connectivity index (χ1v) is 8.66. The molecule has 0 saturated heterocycles. The Morgan fingerprint density at radius 2 is 1.68 bits per heavy atom. The van der Waals surface area contributed by atoms with Crippen molar-refractivity contribution in [1.82, 2.24) is 0 Å². The molecule has 28 heavy (non-hydrogen) atoms. The third-order valence-corrected chi connectivity index (χ3v) is 4.70. The molecular formula is C21H17N3O4. The van der Waals surface area contributed by atoms with Crippen LogP contribution < -0.4 is 15.0 Å². The van der Waals surface area contributed by atoms with Crippen molar-refractivity contribution in [2.75, 3.05) is 17.3 Å². The van der Waals surface area contributed by atoms with Gasteiger partial charge in [0, 0.05) is 23.5 Å². The second-order valence-electron chi connectivity index (χ2n) is 6.31. The Labute approximate surface area is 161 Å². The smallest absolute Gasteiger partial charge is 0.269 e. The number of rotatable bonds is 4. The Bertz CT molecular complexity index is 1030. The van der Waals surface area contributed by atoms with E-state index in [2.05, 4.69) is 5.32 Å². The van der Waals surface area contributed by atoms with Crippen molar-refractivity contribution in [3.63, 3.8) is 0 Å². The third-order valence-electron chi connectivity index (χ3n) is 4.70. The van der Waals surface area contributed by atoms with Gasteiger partial charge in [0.25, 0.3) is 11.6 Å². The quantitative estimate of drug-likeness (QED) is 0.540. The van der Waals surface area contributed by atoms with Gasteiger partial charge in [-0.05, 0) is 54.1 Å². The standard InChI is InChI=1S/C21H17N3O4/c1-28-17-12-10-15(11-13-17)23-20(14-6-8-16(9-7-14)24(26)27)22-19-5-3-2-4-18(19)21(23)25/h2-13,20,22H,1H3/t20-/m1/s1. The molecule has 7 heteroatoms. The molecule has 0 saturated carbocycles. The van der Waals surface area contributed by atoms with Gasteiger partial charge >= 0.3 is 0 Å². The van der Waals surface area contributed by atoms with Gasteiger partial charge in [-0.1, -0.05) is 12.1 Å².